The van der Waals surface area contributed by atoms with Crippen molar-refractivity contribution in [3.8, 4) is 0 Å². The summed E-state index contributed by atoms with van der Waals surface area (Å²) in [4.78, 5) is 11.7. The van der Waals surface area contributed by atoms with Crippen LogP contribution in [0.4, 0.5) is 0 Å². The standard InChI is InChI=1S/C20H22O2/c1-15-14-18(21)12-13-19(15)20(22,16-8-4-2-5-9-16)17-10-6-3-7-11-17/h2-11,15,19,22H,12-14H2,1H3. The van der Waals surface area contributed by atoms with Gasteiger partial charge in [0.25, 0.3) is 0 Å². The lowest BCUT2D eigenvalue weighted by Crippen LogP contribution is -2.42. The molecule has 0 aromatic heterocycles. The Hall–Kier alpha value is -1.93. The lowest BCUT2D eigenvalue weighted by molar-refractivity contribution is -0.125. The van der Waals surface area contributed by atoms with Crippen molar-refractivity contribution in [2.45, 2.75) is 31.8 Å². The van der Waals surface area contributed by atoms with Crippen LogP contribution in [0.15, 0.2) is 60.7 Å². The van der Waals surface area contributed by atoms with Crippen LogP contribution in [-0.4, -0.2) is 10.9 Å². The van der Waals surface area contributed by atoms with Gasteiger partial charge in [-0.1, -0.05) is 67.6 Å². The van der Waals surface area contributed by atoms with E-state index in [-0.39, 0.29) is 11.8 Å². The minimum atomic E-state index is -1.04. The molecule has 1 N–H and O–H groups in total. The number of Topliss-reactive ketones (excluding diaryl/α,β-unsaturated/α-hetero) is 1. The molecular weight excluding hydrogens is 272 g/mol. The first kappa shape index (κ1) is 15.0. The quantitative estimate of drug-likeness (QED) is 0.931. The maximum Gasteiger partial charge on any atom is 0.133 e. The Bertz CT molecular complexity index is 594. The van der Waals surface area contributed by atoms with Gasteiger partial charge >= 0.3 is 0 Å². The van der Waals surface area contributed by atoms with Crippen molar-refractivity contribution in [1.29, 1.82) is 0 Å². The van der Waals surface area contributed by atoms with E-state index in [0.29, 0.717) is 18.6 Å². The van der Waals surface area contributed by atoms with Gasteiger partial charge < -0.3 is 5.11 Å². The summed E-state index contributed by atoms with van der Waals surface area (Å²) >= 11 is 0. The molecule has 114 valence electrons. The second-order valence-electron chi connectivity index (χ2n) is 6.36. The minimum absolute atomic E-state index is 0.0509. The SMILES string of the molecule is CC1CC(=O)CCC1C(O)(c1ccccc1)c1ccccc1. The molecule has 2 unspecified atom stereocenters. The van der Waals surface area contributed by atoms with E-state index in [2.05, 4.69) is 6.92 Å². The number of rotatable bonds is 3. The highest BCUT2D eigenvalue weighted by molar-refractivity contribution is 5.79. The van der Waals surface area contributed by atoms with Gasteiger partial charge in [-0.15, -0.1) is 0 Å². The Balaban J connectivity index is 2.10. The predicted molar refractivity (Wildman–Crippen MR) is 87.4 cm³/mol. The number of aliphatic hydroxyl groups is 1. The monoisotopic (exact) mass is 294 g/mol. The third kappa shape index (κ3) is 2.59. The summed E-state index contributed by atoms with van der Waals surface area (Å²) < 4.78 is 0. The van der Waals surface area contributed by atoms with Crippen molar-refractivity contribution in [3.05, 3.63) is 71.8 Å². The van der Waals surface area contributed by atoms with E-state index in [1.54, 1.807) is 0 Å². The van der Waals surface area contributed by atoms with Crippen molar-refractivity contribution in [2.24, 2.45) is 11.8 Å². The molecule has 0 saturated heterocycles. The summed E-state index contributed by atoms with van der Waals surface area (Å²) in [6, 6.07) is 19.7. The summed E-state index contributed by atoms with van der Waals surface area (Å²) in [6.45, 7) is 2.08. The maximum atomic E-state index is 11.7. The van der Waals surface area contributed by atoms with E-state index < -0.39 is 5.60 Å². The number of benzene rings is 2. The Morgan fingerprint density at radius 1 is 0.955 bits per heavy atom. The van der Waals surface area contributed by atoms with Crippen LogP contribution in [0.2, 0.25) is 0 Å². The summed E-state index contributed by atoms with van der Waals surface area (Å²) in [5, 5.41) is 11.7. The van der Waals surface area contributed by atoms with Gasteiger partial charge in [0.1, 0.15) is 11.4 Å². The molecule has 0 bridgehead atoms. The molecule has 0 radical (unpaired) electrons. The van der Waals surface area contributed by atoms with E-state index >= 15 is 0 Å². The first-order chi connectivity index (χ1) is 10.6. The molecule has 2 atom stereocenters. The molecule has 1 saturated carbocycles. The van der Waals surface area contributed by atoms with Crippen LogP contribution in [0.25, 0.3) is 0 Å². The largest absolute Gasteiger partial charge is 0.380 e. The van der Waals surface area contributed by atoms with E-state index in [1.165, 1.54) is 0 Å². The zero-order chi connectivity index (χ0) is 15.6. The zero-order valence-corrected chi connectivity index (χ0v) is 12.9. The highest BCUT2D eigenvalue weighted by atomic mass is 16.3. The molecule has 0 spiro atoms. The first-order valence-electron chi connectivity index (χ1n) is 7.97. The first-order valence-corrected chi connectivity index (χ1v) is 7.97. The van der Waals surface area contributed by atoms with Gasteiger partial charge in [0, 0.05) is 12.8 Å². The van der Waals surface area contributed by atoms with E-state index in [0.717, 1.165) is 17.5 Å². The molecule has 1 aliphatic carbocycles. The number of carbonyl (C=O) groups excluding carboxylic acids is 1. The summed E-state index contributed by atoms with van der Waals surface area (Å²) in [5.41, 5.74) is 0.780. The van der Waals surface area contributed by atoms with Crippen molar-refractivity contribution < 1.29 is 9.90 Å². The molecule has 1 aliphatic rings. The summed E-state index contributed by atoms with van der Waals surface area (Å²) in [6.07, 6.45) is 1.86. The molecule has 2 aromatic carbocycles. The van der Waals surface area contributed by atoms with Crippen LogP contribution in [0.1, 0.15) is 37.3 Å². The van der Waals surface area contributed by atoms with Crippen LogP contribution in [0.3, 0.4) is 0 Å². The van der Waals surface area contributed by atoms with Gasteiger partial charge in [0.15, 0.2) is 0 Å². The van der Waals surface area contributed by atoms with Crippen LogP contribution >= 0.6 is 0 Å². The third-order valence-corrected chi connectivity index (χ3v) is 4.94. The van der Waals surface area contributed by atoms with Crippen LogP contribution < -0.4 is 0 Å². The Kier molecular flexibility index (Phi) is 4.12. The number of hydrogen-bond donors (Lipinski definition) is 1. The van der Waals surface area contributed by atoms with Gasteiger partial charge in [-0.25, -0.2) is 0 Å². The Labute approximate surface area is 131 Å². The highest BCUT2D eigenvalue weighted by Crippen LogP contribution is 2.45. The fourth-order valence-electron chi connectivity index (χ4n) is 3.80. The van der Waals surface area contributed by atoms with Crippen LogP contribution in [0, 0.1) is 11.8 Å². The normalized spacial score (nSPS) is 22.5. The zero-order valence-electron chi connectivity index (χ0n) is 12.9. The molecule has 0 amide bonds. The van der Waals surface area contributed by atoms with Crippen molar-refractivity contribution in [3.63, 3.8) is 0 Å². The fourth-order valence-corrected chi connectivity index (χ4v) is 3.80. The van der Waals surface area contributed by atoms with Crippen LogP contribution in [-0.2, 0) is 10.4 Å². The topological polar surface area (TPSA) is 37.3 Å². The molecular formula is C20H22O2. The van der Waals surface area contributed by atoms with Gasteiger partial charge in [0.2, 0.25) is 0 Å². The molecule has 2 heteroatoms. The summed E-state index contributed by atoms with van der Waals surface area (Å²) in [5.74, 6) is 0.536. The molecule has 2 nitrogen and oxygen atoms in total. The maximum absolute atomic E-state index is 11.7. The van der Waals surface area contributed by atoms with E-state index in [4.69, 9.17) is 0 Å². The Morgan fingerprint density at radius 3 is 1.91 bits per heavy atom. The third-order valence-electron chi connectivity index (χ3n) is 4.94. The van der Waals surface area contributed by atoms with Gasteiger partial charge in [-0.3, -0.25) is 4.79 Å². The number of ketones is 1. The van der Waals surface area contributed by atoms with Gasteiger partial charge in [-0.05, 0) is 29.4 Å². The minimum Gasteiger partial charge on any atom is -0.380 e. The second-order valence-corrected chi connectivity index (χ2v) is 6.36. The van der Waals surface area contributed by atoms with Crippen molar-refractivity contribution >= 4 is 5.78 Å². The molecule has 3 rings (SSSR count). The fraction of sp³-hybridized carbons (Fsp3) is 0.350. The van der Waals surface area contributed by atoms with Gasteiger partial charge in [0.05, 0.1) is 0 Å². The van der Waals surface area contributed by atoms with Gasteiger partial charge in [-0.2, -0.15) is 0 Å². The Morgan fingerprint density at radius 2 is 1.45 bits per heavy atom. The molecule has 0 aliphatic heterocycles. The average molecular weight is 294 g/mol. The average Bonchev–Trinajstić information content (AvgIpc) is 2.56. The van der Waals surface area contributed by atoms with E-state index in [1.807, 2.05) is 60.7 Å². The molecule has 22 heavy (non-hydrogen) atoms. The predicted octanol–water partition coefficient (Wildman–Crippen LogP) is 3.93. The summed E-state index contributed by atoms with van der Waals surface area (Å²) in [7, 11) is 0. The van der Waals surface area contributed by atoms with Crippen LogP contribution in [0.5, 0.6) is 0 Å². The van der Waals surface area contributed by atoms with E-state index in [9.17, 15) is 9.90 Å². The number of hydrogen-bond acceptors (Lipinski definition) is 2. The molecule has 0 heterocycles. The van der Waals surface area contributed by atoms with Crippen molar-refractivity contribution in [2.75, 3.05) is 0 Å². The lowest BCUT2D eigenvalue weighted by Gasteiger charge is -2.42. The number of carbonyl (C=O) groups is 1. The molecule has 2 aromatic rings. The van der Waals surface area contributed by atoms with Crippen molar-refractivity contribution in [1.82, 2.24) is 0 Å². The molecule has 1 fully saturated rings. The smallest absolute Gasteiger partial charge is 0.133 e. The lowest BCUT2D eigenvalue weighted by atomic mass is 9.65. The highest BCUT2D eigenvalue weighted by Gasteiger charge is 2.44. The second kappa shape index (κ2) is 6.05.